The molecule has 2 N–H and O–H groups in total. The van der Waals surface area contributed by atoms with E-state index in [1.54, 1.807) is 11.3 Å². The average molecular weight is 301 g/mol. The smallest absolute Gasteiger partial charge is 0.220 e. The minimum atomic E-state index is 0.182. The second-order valence-corrected chi connectivity index (χ2v) is 6.84. The van der Waals surface area contributed by atoms with Gasteiger partial charge in [0.25, 0.3) is 0 Å². The molecule has 2 heterocycles. The first-order chi connectivity index (χ1) is 9.24. The summed E-state index contributed by atoms with van der Waals surface area (Å²) in [6.45, 7) is 2.92. The molecule has 0 saturated carbocycles. The fourth-order valence-corrected chi connectivity index (χ4v) is 3.49. The number of rotatable bonds is 6. The molecule has 0 radical (unpaired) electrons. The molecule has 1 aromatic heterocycles. The number of piperidine rings is 1. The van der Waals surface area contributed by atoms with Gasteiger partial charge in [-0.2, -0.15) is 0 Å². The van der Waals surface area contributed by atoms with Gasteiger partial charge in [0.1, 0.15) is 0 Å². The summed E-state index contributed by atoms with van der Waals surface area (Å²) in [5.74, 6) is 0.907. The average Bonchev–Trinajstić information content (AvgIpc) is 2.83. The Kier molecular flexibility index (Phi) is 6.14. The van der Waals surface area contributed by atoms with Gasteiger partial charge in [0.15, 0.2) is 0 Å². The second kappa shape index (κ2) is 7.88. The lowest BCUT2D eigenvalue weighted by molar-refractivity contribution is -0.121. The largest absolute Gasteiger partial charge is 0.356 e. The second-order valence-electron chi connectivity index (χ2n) is 5.04. The molecule has 3 nitrogen and oxygen atoms in total. The van der Waals surface area contributed by atoms with Crippen LogP contribution in [0.15, 0.2) is 12.1 Å². The Morgan fingerprint density at radius 3 is 2.89 bits per heavy atom. The minimum absolute atomic E-state index is 0.182. The van der Waals surface area contributed by atoms with Crippen molar-refractivity contribution in [1.29, 1.82) is 0 Å². The molecule has 0 spiro atoms. The zero-order valence-corrected chi connectivity index (χ0v) is 12.7. The van der Waals surface area contributed by atoms with E-state index in [9.17, 15) is 4.79 Å². The predicted octanol–water partition coefficient (Wildman–Crippen LogP) is 2.84. The van der Waals surface area contributed by atoms with Gasteiger partial charge in [-0.1, -0.05) is 11.6 Å². The third-order valence-corrected chi connectivity index (χ3v) is 4.85. The van der Waals surface area contributed by atoms with Crippen LogP contribution in [0.2, 0.25) is 4.34 Å². The van der Waals surface area contributed by atoms with Gasteiger partial charge in [0, 0.05) is 17.8 Å². The van der Waals surface area contributed by atoms with Crippen LogP contribution >= 0.6 is 22.9 Å². The zero-order chi connectivity index (χ0) is 13.5. The highest BCUT2D eigenvalue weighted by molar-refractivity contribution is 7.16. The highest BCUT2D eigenvalue weighted by atomic mass is 35.5. The third kappa shape index (κ3) is 5.51. The van der Waals surface area contributed by atoms with E-state index in [1.165, 1.54) is 17.7 Å². The number of carbonyl (C=O) groups excluding carboxylic acids is 1. The summed E-state index contributed by atoms with van der Waals surface area (Å²) >= 11 is 7.45. The lowest BCUT2D eigenvalue weighted by Gasteiger charge is -2.22. The normalized spacial score (nSPS) is 16.5. The van der Waals surface area contributed by atoms with Gasteiger partial charge in [-0.15, -0.1) is 11.3 Å². The quantitative estimate of drug-likeness (QED) is 0.848. The molecule has 1 aromatic rings. The molecule has 0 unspecified atom stereocenters. The summed E-state index contributed by atoms with van der Waals surface area (Å²) < 4.78 is 0.812. The highest BCUT2D eigenvalue weighted by Gasteiger charge is 2.14. The lowest BCUT2D eigenvalue weighted by Crippen LogP contribution is -2.30. The summed E-state index contributed by atoms with van der Waals surface area (Å²) in [5, 5.41) is 6.34. The van der Waals surface area contributed by atoms with E-state index in [0.717, 1.165) is 36.2 Å². The van der Waals surface area contributed by atoms with Crippen molar-refractivity contribution in [1.82, 2.24) is 10.6 Å². The van der Waals surface area contributed by atoms with E-state index in [0.29, 0.717) is 13.0 Å². The van der Waals surface area contributed by atoms with E-state index in [4.69, 9.17) is 11.6 Å². The molecule has 19 heavy (non-hydrogen) atoms. The van der Waals surface area contributed by atoms with Gasteiger partial charge in [0.2, 0.25) is 5.91 Å². The molecule has 0 aromatic carbocycles. The van der Waals surface area contributed by atoms with E-state index in [1.807, 2.05) is 12.1 Å². The van der Waals surface area contributed by atoms with Crippen LogP contribution in [0.4, 0.5) is 0 Å². The van der Waals surface area contributed by atoms with Gasteiger partial charge in [-0.3, -0.25) is 4.79 Å². The molecule has 0 bridgehead atoms. The molecule has 1 aliphatic heterocycles. The summed E-state index contributed by atoms with van der Waals surface area (Å²) in [6.07, 6.45) is 4.98. The maximum absolute atomic E-state index is 11.7. The van der Waals surface area contributed by atoms with Gasteiger partial charge < -0.3 is 10.6 Å². The van der Waals surface area contributed by atoms with Crippen LogP contribution in [0.3, 0.4) is 0 Å². The summed E-state index contributed by atoms with van der Waals surface area (Å²) in [5.41, 5.74) is 0. The first-order valence-corrected chi connectivity index (χ1v) is 8.15. The van der Waals surface area contributed by atoms with Crippen LogP contribution in [-0.2, 0) is 11.2 Å². The summed E-state index contributed by atoms with van der Waals surface area (Å²) in [4.78, 5) is 13.0. The number of nitrogens with one attached hydrogen (secondary N) is 2. The van der Waals surface area contributed by atoms with Gasteiger partial charge >= 0.3 is 0 Å². The van der Waals surface area contributed by atoms with E-state index >= 15 is 0 Å². The number of thiophene rings is 1. The van der Waals surface area contributed by atoms with Crippen molar-refractivity contribution in [2.24, 2.45) is 5.92 Å². The van der Waals surface area contributed by atoms with E-state index in [-0.39, 0.29) is 5.91 Å². The van der Waals surface area contributed by atoms with Crippen molar-refractivity contribution in [2.75, 3.05) is 19.6 Å². The first kappa shape index (κ1) is 14.8. The topological polar surface area (TPSA) is 41.1 Å². The highest BCUT2D eigenvalue weighted by Crippen LogP contribution is 2.21. The van der Waals surface area contributed by atoms with Crippen LogP contribution < -0.4 is 10.6 Å². The van der Waals surface area contributed by atoms with Crippen molar-refractivity contribution in [3.05, 3.63) is 21.3 Å². The Hall–Kier alpha value is -0.580. The van der Waals surface area contributed by atoms with Gasteiger partial charge in [-0.05, 0) is 56.8 Å². The van der Waals surface area contributed by atoms with Crippen molar-refractivity contribution >= 4 is 28.8 Å². The Balaban J connectivity index is 1.56. The molecule has 2 rings (SSSR count). The number of carbonyl (C=O) groups is 1. The molecule has 0 aliphatic carbocycles. The van der Waals surface area contributed by atoms with E-state index < -0.39 is 0 Å². The first-order valence-electron chi connectivity index (χ1n) is 6.95. The number of halogens is 1. The Morgan fingerprint density at radius 1 is 1.42 bits per heavy atom. The Labute approximate surface area is 123 Å². The molecular weight excluding hydrogens is 280 g/mol. The third-order valence-electron chi connectivity index (χ3n) is 3.56. The van der Waals surface area contributed by atoms with Crippen LogP contribution in [0, 0.1) is 5.92 Å². The van der Waals surface area contributed by atoms with Gasteiger partial charge in [-0.25, -0.2) is 0 Å². The molecule has 1 fully saturated rings. The minimum Gasteiger partial charge on any atom is -0.356 e. The number of amides is 1. The van der Waals surface area contributed by atoms with Gasteiger partial charge in [0.05, 0.1) is 4.34 Å². The summed E-state index contributed by atoms with van der Waals surface area (Å²) in [6, 6.07) is 3.93. The standard InChI is InChI=1S/C14H21ClN2OS/c15-13-3-2-12(19-13)7-10-17-14(18)4-1-11-5-8-16-9-6-11/h2-3,11,16H,1,4-10H2,(H,17,18). The fourth-order valence-electron chi connectivity index (χ4n) is 2.41. The van der Waals surface area contributed by atoms with Crippen LogP contribution in [0.1, 0.15) is 30.6 Å². The van der Waals surface area contributed by atoms with Crippen molar-refractivity contribution < 1.29 is 4.79 Å². The van der Waals surface area contributed by atoms with Crippen LogP contribution in [0.25, 0.3) is 0 Å². The molecular formula is C14H21ClN2OS. The molecule has 1 saturated heterocycles. The van der Waals surface area contributed by atoms with Crippen molar-refractivity contribution in [2.45, 2.75) is 32.1 Å². The molecule has 0 atom stereocenters. The molecule has 106 valence electrons. The molecule has 5 heteroatoms. The van der Waals surface area contributed by atoms with Crippen LogP contribution in [-0.4, -0.2) is 25.5 Å². The van der Waals surface area contributed by atoms with Crippen LogP contribution in [0.5, 0.6) is 0 Å². The molecule has 1 aliphatic rings. The van der Waals surface area contributed by atoms with E-state index in [2.05, 4.69) is 10.6 Å². The zero-order valence-electron chi connectivity index (χ0n) is 11.1. The number of hydrogen-bond donors (Lipinski definition) is 2. The van der Waals surface area contributed by atoms with Crippen molar-refractivity contribution in [3.63, 3.8) is 0 Å². The maximum Gasteiger partial charge on any atom is 0.220 e. The molecule has 1 amide bonds. The fraction of sp³-hybridized carbons (Fsp3) is 0.643. The predicted molar refractivity (Wildman–Crippen MR) is 80.9 cm³/mol. The monoisotopic (exact) mass is 300 g/mol. The Morgan fingerprint density at radius 2 is 2.21 bits per heavy atom. The maximum atomic E-state index is 11.7. The SMILES string of the molecule is O=C(CCC1CCNCC1)NCCc1ccc(Cl)s1. The summed E-state index contributed by atoms with van der Waals surface area (Å²) in [7, 11) is 0. The van der Waals surface area contributed by atoms with Crippen molar-refractivity contribution in [3.8, 4) is 0 Å². The number of hydrogen-bond acceptors (Lipinski definition) is 3. The Bertz CT molecular complexity index is 402. The lowest BCUT2D eigenvalue weighted by atomic mass is 9.93.